The van der Waals surface area contributed by atoms with E-state index in [0.29, 0.717) is 0 Å². The summed E-state index contributed by atoms with van der Waals surface area (Å²) in [6, 6.07) is 18.5. The maximum Gasteiger partial charge on any atom is 0.127 e. The van der Waals surface area contributed by atoms with Gasteiger partial charge in [-0.05, 0) is 42.7 Å². The normalized spacial score (nSPS) is 10.8. The summed E-state index contributed by atoms with van der Waals surface area (Å²) < 4.78 is 5.84. The highest BCUT2D eigenvalue weighted by atomic mass is 16.5. The summed E-state index contributed by atoms with van der Waals surface area (Å²) in [5, 5.41) is 0. The number of hydrogen-bond donors (Lipinski definition) is 0. The first kappa shape index (κ1) is 20.6. The number of ether oxygens (including phenoxy) is 1. The highest BCUT2D eigenvalue weighted by Crippen LogP contribution is 2.22. The van der Waals surface area contributed by atoms with Crippen molar-refractivity contribution in [1.29, 1.82) is 0 Å². The molecule has 0 fully saturated rings. The Bertz CT molecular complexity index is 558. The van der Waals surface area contributed by atoms with Crippen LogP contribution in [0.1, 0.15) is 83.1 Å². The van der Waals surface area contributed by atoms with Gasteiger partial charge in [-0.15, -0.1) is 0 Å². The van der Waals surface area contributed by atoms with E-state index in [1.807, 2.05) is 30.3 Å². The van der Waals surface area contributed by atoms with Gasteiger partial charge < -0.3 is 4.74 Å². The van der Waals surface area contributed by atoms with Gasteiger partial charge in [0.15, 0.2) is 0 Å². The molecule has 0 spiro atoms. The molecule has 0 N–H and O–H groups in total. The van der Waals surface area contributed by atoms with Crippen molar-refractivity contribution in [2.45, 2.75) is 84.0 Å². The van der Waals surface area contributed by atoms with Crippen molar-refractivity contribution in [2.75, 3.05) is 0 Å². The van der Waals surface area contributed by atoms with Crippen molar-refractivity contribution >= 4 is 0 Å². The molecule has 26 heavy (non-hydrogen) atoms. The molecule has 2 aromatic rings. The van der Waals surface area contributed by atoms with Crippen molar-refractivity contribution in [3.05, 3.63) is 60.2 Å². The van der Waals surface area contributed by atoms with Crippen molar-refractivity contribution in [3.8, 4) is 11.5 Å². The first-order valence-electron chi connectivity index (χ1n) is 10.7. The largest absolute Gasteiger partial charge is 0.457 e. The van der Waals surface area contributed by atoms with Crippen molar-refractivity contribution in [1.82, 2.24) is 0 Å². The molecule has 2 rings (SSSR count). The lowest BCUT2D eigenvalue weighted by atomic mass is 10.0. The van der Waals surface area contributed by atoms with Crippen LogP contribution in [0.3, 0.4) is 0 Å². The summed E-state index contributed by atoms with van der Waals surface area (Å²) in [4.78, 5) is 0. The first-order chi connectivity index (χ1) is 12.9. The molecule has 0 unspecified atom stereocenters. The molecular formula is C25H36O. The van der Waals surface area contributed by atoms with Gasteiger partial charge in [0, 0.05) is 0 Å². The molecule has 2 aromatic carbocycles. The number of unbranched alkanes of at least 4 members (excludes halogenated alkanes) is 10. The van der Waals surface area contributed by atoms with Crippen LogP contribution in [-0.2, 0) is 6.42 Å². The quantitative estimate of drug-likeness (QED) is 0.310. The van der Waals surface area contributed by atoms with Gasteiger partial charge in [0.05, 0.1) is 0 Å². The molecule has 0 bridgehead atoms. The number of benzene rings is 2. The van der Waals surface area contributed by atoms with Gasteiger partial charge >= 0.3 is 0 Å². The summed E-state index contributed by atoms with van der Waals surface area (Å²) in [7, 11) is 0. The van der Waals surface area contributed by atoms with E-state index in [1.165, 1.54) is 82.6 Å². The third-order valence-corrected chi connectivity index (χ3v) is 4.97. The fourth-order valence-electron chi connectivity index (χ4n) is 3.34. The lowest BCUT2D eigenvalue weighted by molar-refractivity contribution is 0.482. The molecule has 0 atom stereocenters. The van der Waals surface area contributed by atoms with E-state index >= 15 is 0 Å². The maximum atomic E-state index is 5.84. The van der Waals surface area contributed by atoms with Crippen LogP contribution in [0.5, 0.6) is 11.5 Å². The van der Waals surface area contributed by atoms with E-state index in [9.17, 15) is 0 Å². The molecule has 0 saturated heterocycles. The molecule has 142 valence electrons. The summed E-state index contributed by atoms with van der Waals surface area (Å²) >= 11 is 0. The SMILES string of the molecule is CCCCCCCCCCCCCc1ccc(Oc2ccccc2)cc1. The highest BCUT2D eigenvalue weighted by Gasteiger charge is 1.98. The molecular weight excluding hydrogens is 316 g/mol. The van der Waals surface area contributed by atoms with Gasteiger partial charge in [-0.3, -0.25) is 0 Å². The Morgan fingerprint density at radius 3 is 1.62 bits per heavy atom. The van der Waals surface area contributed by atoms with Gasteiger partial charge in [-0.2, -0.15) is 0 Å². The Labute approximate surface area is 160 Å². The third kappa shape index (κ3) is 9.08. The summed E-state index contributed by atoms with van der Waals surface area (Å²) in [5.74, 6) is 1.81. The Balaban J connectivity index is 1.49. The van der Waals surface area contributed by atoms with Crippen LogP contribution in [0.2, 0.25) is 0 Å². The second-order valence-corrected chi connectivity index (χ2v) is 7.34. The van der Waals surface area contributed by atoms with E-state index < -0.39 is 0 Å². The number of para-hydroxylation sites is 1. The summed E-state index contributed by atoms with van der Waals surface area (Å²) in [5.41, 5.74) is 1.42. The number of rotatable bonds is 14. The van der Waals surface area contributed by atoms with Crippen LogP contribution in [0.4, 0.5) is 0 Å². The van der Waals surface area contributed by atoms with Gasteiger partial charge in [0.1, 0.15) is 11.5 Å². The maximum absolute atomic E-state index is 5.84. The van der Waals surface area contributed by atoms with Crippen LogP contribution < -0.4 is 4.74 Å². The number of hydrogen-bond acceptors (Lipinski definition) is 1. The Hall–Kier alpha value is -1.76. The average Bonchev–Trinajstić information content (AvgIpc) is 2.68. The Kier molecular flexibility index (Phi) is 10.6. The van der Waals surface area contributed by atoms with Crippen molar-refractivity contribution in [2.24, 2.45) is 0 Å². The zero-order valence-electron chi connectivity index (χ0n) is 16.6. The second-order valence-electron chi connectivity index (χ2n) is 7.34. The molecule has 0 amide bonds. The van der Waals surface area contributed by atoms with Gasteiger partial charge in [-0.1, -0.05) is 101 Å². The molecule has 0 aliphatic carbocycles. The van der Waals surface area contributed by atoms with E-state index in [4.69, 9.17) is 4.74 Å². The van der Waals surface area contributed by atoms with E-state index in [-0.39, 0.29) is 0 Å². The molecule has 1 nitrogen and oxygen atoms in total. The molecule has 0 saturated carbocycles. The third-order valence-electron chi connectivity index (χ3n) is 4.97. The summed E-state index contributed by atoms with van der Waals surface area (Å²) in [6.07, 6.45) is 16.6. The minimum atomic E-state index is 0.894. The number of aryl methyl sites for hydroxylation is 1. The fourth-order valence-corrected chi connectivity index (χ4v) is 3.34. The average molecular weight is 353 g/mol. The summed E-state index contributed by atoms with van der Waals surface area (Å²) in [6.45, 7) is 2.28. The monoisotopic (exact) mass is 352 g/mol. The standard InChI is InChI=1S/C25H36O/c1-2-3-4-5-6-7-8-9-10-11-13-16-23-19-21-25(22-20-23)26-24-17-14-12-15-18-24/h12,14-15,17-22H,2-11,13,16H2,1H3. The molecule has 0 radical (unpaired) electrons. The molecule has 0 aromatic heterocycles. The Morgan fingerprint density at radius 2 is 1.04 bits per heavy atom. The molecule has 0 aliphatic rings. The van der Waals surface area contributed by atoms with Crippen molar-refractivity contribution < 1.29 is 4.74 Å². The minimum Gasteiger partial charge on any atom is -0.457 e. The van der Waals surface area contributed by atoms with Crippen LogP contribution in [0.15, 0.2) is 54.6 Å². The smallest absolute Gasteiger partial charge is 0.127 e. The van der Waals surface area contributed by atoms with Gasteiger partial charge in [0.25, 0.3) is 0 Å². The topological polar surface area (TPSA) is 9.23 Å². The second kappa shape index (κ2) is 13.4. The van der Waals surface area contributed by atoms with E-state index in [0.717, 1.165) is 11.5 Å². The predicted molar refractivity (Wildman–Crippen MR) is 113 cm³/mol. The molecule has 1 heteroatoms. The van der Waals surface area contributed by atoms with Crippen LogP contribution in [0, 0.1) is 0 Å². The van der Waals surface area contributed by atoms with Crippen LogP contribution in [0.25, 0.3) is 0 Å². The van der Waals surface area contributed by atoms with E-state index in [2.05, 4.69) is 31.2 Å². The molecule has 0 aliphatic heterocycles. The highest BCUT2D eigenvalue weighted by molar-refractivity contribution is 5.32. The minimum absolute atomic E-state index is 0.894. The lowest BCUT2D eigenvalue weighted by Gasteiger charge is -2.07. The van der Waals surface area contributed by atoms with Crippen LogP contribution >= 0.6 is 0 Å². The lowest BCUT2D eigenvalue weighted by Crippen LogP contribution is -1.88. The first-order valence-corrected chi connectivity index (χ1v) is 10.7. The van der Waals surface area contributed by atoms with Crippen molar-refractivity contribution in [3.63, 3.8) is 0 Å². The van der Waals surface area contributed by atoms with E-state index in [1.54, 1.807) is 0 Å². The predicted octanol–water partition coefficient (Wildman–Crippen LogP) is 8.33. The fraction of sp³-hybridized carbons (Fsp3) is 0.520. The zero-order valence-corrected chi connectivity index (χ0v) is 16.6. The molecule has 0 heterocycles. The Morgan fingerprint density at radius 1 is 0.538 bits per heavy atom. The zero-order chi connectivity index (χ0) is 18.3. The van der Waals surface area contributed by atoms with Crippen LogP contribution in [-0.4, -0.2) is 0 Å². The van der Waals surface area contributed by atoms with Gasteiger partial charge in [-0.25, -0.2) is 0 Å². The van der Waals surface area contributed by atoms with Gasteiger partial charge in [0.2, 0.25) is 0 Å².